The summed E-state index contributed by atoms with van der Waals surface area (Å²) in [6.45, 7) is 1.93. The van der Waals surface area contributed by atoms with Gasteiger partial charge in [0.1, 0.15) is 0 Å². The van der Waals surface area contributed by atoms with E-state index >= 15 is 0 Å². The molecule has 0 aromatic heterocycles. The van der Waals surface area contributed by atoms with Crippen LogP contribution in [0.3, 0.4) is 0 Å². The summed E-state index contributed by atoms with van der Waals surface area (Å²) in [5, 5.41) is 0.287. The van der Waals surface area contributed by atoms with E-state index in [1.807, 2.05) is 11.0 Å². The minimum Gasteiger partial charge on any atom is -0.334 e. The van der Waals surface area contributed by atoms with Gasteiger partial charge in [0, 0.05) is 18.8 Å². The molecule has 1 fully saturated rings. The number of hydrogen-bond donors (Lipinski definition) is 0. The van der Waals surface area contributed by atoms with E-state index in [-0.39, 0.29) is 5.24 Å². The first-order chi connectivity index (χ1) is 9.36. The number of nitrogens with zero attached hydrogens (tertiary/aromatic N) is 1. The van der Waals surface area contributed by atoms with E-state index < -0.39 is 0 Å². The molecule has 1 aliphatic heterocycles. The number of benzene rings is 1. The molecule has 104 valence electrons. The van der Waals surface area contributed by atoms with Crippen LogP contribution in [0.2, 0.25) is 0 Å². The maximum atomic E-state index is 12.1. The molecule has 2 rings (SSSR count). The van der Waals surface area contributed by atoms with Crippen LogP contribution in [0.1, 0.15) is 37.7 Å². The maximum Gasteiger partial charge on any atom is 0.281 e. The fourth-order valence-corrected chi connectivity index (χ4v) is 3.25. The summed E-state index contributed by atoms with van der Waals surface area (Å²) < 4.78 is 0. The van der Waals surface area contributed by atoms with E-state index in [1.165, 1.54) is 43.0 Å². The van der Waals surface area contributed by atoms with Crippen molar-refractivity contribution in [1.29, 1.82) is 0 Å². The highest BCUT2D eigenvalue weighted by Crippen LogP contribution is 2.17. The SMILES string of the molecule is O=C(SCCCc1ccccc1)N1CCCCCC1. The lowest BCUT2D eigenvalue weighted by atomic mass is 10.1. The molecule has 1 heterocycles. The van der Waals surface area contributed by atoms with E-state index in [1.54, 1.807) is 0 Å². The summed E-state index contributed by atoms with van der Waals surface area (Å²) in [6, 6.07) is 10.5. The second-order valence-corrected chi connectivity index (χ2v) is 6.15. The van der Waals surface area contributed by atoms with Gasteiger partial charge in [0.2, 0.25) is 0 Å². The van der Waals surface area contributed by atoms with Crippen molar-refractivity contribution in [3.05, 3.63) is 35.9 Å². The van der Waals surface area contributed by atoms with Crippen molar-refractivity contribution in [3.8, 4) is 0 Å². The van der Waals surface area contributed by atoms with Crippen LogP contribution in [0, 0.1) is 0 Å². The molecule has 0 aliphatic carbocycles. The van der Waals surface area contributed by atoms with Crippen LogP contribution < -0.4 is 0 Å². The average Bonchev–Trinajstić information content (AvgIpc) is 2.73. The van der Waals surface area contributed by atoms with Gasteiger partial charge in [-0.15, -0.1) is 0 Å². The molecular formula is C16H23NOS. The molecule has 1 amide bonds. The van der Waals surface area contributed by atoms with Gasteiger partial charge in [0.25, 0.3) is 5.24 Å². The van der Waals surface area contributed by atoms with Crippen LogP contribution in [0.15, 0.2) is 30.3 Å². The number of aryl methyl sites for hydroxylation is 1. The fraction of sp³-hybridized carbons (Fsp3) is 0.562. The van der Waals surface area contributed by atoms with Gasteiger partial charge in [-0.2, -0.15) is 0 Å². The van der Waals surface area contributed by atoms with Gasteiger partial charge in [0.05, 0.1) is 0 Å². The van der Waals surface area contributed by atoms with Crippen LogP contribution in [-0.2, 0) is 6.42 Å². The second-order valence-electron chi connectivity index (χ2n) is 5.10. The van der Waals surface area contributed by atoms with Crippen molar-refractivity contribution in [2.24, 2.45) is 0 Å². The molecule has 0 atom stereocenters. The fourth-order valence-electron chi connectivity index (χ4n) is 2.42. The summed E-state index contributed by atoms with van der Waals surface area (Å²) in [6.07, 6.45) is 7.06. The monoisotopic (exact) mass is 277 g/mol. The number of amides is 1. The van der Waals surface area contributed by atoms with Gasteiger partial charge in [-0.3, -0.25) is 4.79 Å². The minimum atomic E-state index is 0.287. The molecule has 2 nitrogen and oxygen atoms in total. The Morgan fingerprint density at radius 2 is 1.74 bits per heavy atom. The van der Waals surface area contributed by atoms with Gasteiger partial charge in [-0.05, 0) is 31.2 Å². The number of carbonyl (C=O) groups excluding carboxylic acids is 1. The van der Waals surface area contributed by atoms with Gasteiger partial charge in [-0.1, -0.05) is 54.9 Å². The Labute approximate surface area is 120 Å². The van der Waals surface area contributed by atoms with Crippen molar-refractivity contribution in [2.75, 3.05) is 18.8 Å². The van der Waals surface area contributed by atoms with E-state index in [9.17, 15) is 4.79 Å². The number of likely N-dealkylation sites (tertiary alicyclic amines) is 1. The number of carbonyl (C=O) groups is 1. The Morgan fingerprint density at radius 1 is 1.05 bits per heavy atom. The smallest absolute Gasteiger partial charge is 0.281 e. The summed E-state index contributed by atoms with van der Waals surface area (Å²) in [4.78, 5) is 14.1. The van der Waals surface area contributed by atoms with Crippen LogP contribution >= 0.6 is 11.8 Å². The molecule has 1 aromatic rings. The molecule has 3 heteroatoms. The van der Waals surface area contributed by atoms with Crippen molar-refractivity contribution in [2.45, 2.75) is 38.5 Å². The molecule has 0 unspecified atom stereocenters. The quantitative estimate of drug-likeness (QED) is 0.763. The summed E-state index contributed by atoms with van der Waals surface area (Å²) in [7, 11) is 0. The van der Waals surface area contributed by atoms with E-state index in [2.05, 4.69) is 24.3 Å². The Balaban J connectivity index is 1.63. The van der Waals surface area contributed by atoms with Crippen molar-refractivity contribution in [3.63, 3.8) is 0 Å². The third-order valence-corrected chi connectivity index (χ3v) is 4.54. The standard InChI is InChI=1S/C16H23NOS/c18-16(17-12-6-1-2-7-13-17)19-14-8-11-15-9-4-3-5-10-15/h3-5,9-10H,1-2,6-8,11-14H2. The molecular weight excluding hydrogens is 254 g/mol. The molecule has 0 spiro atoms. The molecule has 0 saturated carbocycles. The van der Waals surface area contributed by atoms with Crippen LogP contribution in [0.4, 0.5) is 4.79 Å². The Bertz CT molecular complexity index is 372. The number of thioether (sulfide) groups is 1. The molecule has 0 N–H and O–H groups in total. The summed E-state index contributed by atoms with van der Waals surface area (Å²) in [5.74, 6) is 0.935. The second kappa shape index (κ2) is 8.26. The largest absolute Gasteiger partial charge is 0.334 e. The Morgan fingerprint density at radius 3 is 2.42 bits per heavy atom. The van der Waals surface area contributed by atoms with E-state index in [0.29, 0.717) is 0 Å². The maximum absolute atomic E-state index is 12.1. The van der Waals surface area contributed by atoms with Gasteiger partial charge < -0.3 is 4.90 Å². The summed E-state index contributed by atoms with van der Waals surface area (Å²) >= 11 is 1.50. The predicted molar refractivity (Wildman–Crippen MR) is 82.7 cm³/mol. The zero-order valence-corrected chi connectivity index (χ0v) is 12.3. The predicted octanol–water partition coefficient (Wildman–Crippen LogP) is 4.35. The first-order valence-corrected chi connectivity index (χ1v) is 8.30. The van der Waals surface area contributed by atoms with Crippen LogP contribution in [0.5, 0.6) is 0 Å². The lowest BCUT2D eigenvalue weighted by Crippen LogP contribution is -2.28. The Hall–Kier alpha value is -0.960. The van der Waals surface area contributed by atoms with Crippen LogP contribution in [-0.4, -0.2) is 29.0 Å². The van der Waals surface area contributed by atoms with Crippen molar-refractivity contribution < 1.29 is 4.79 Å². The third kappa shape index (κ3) is 5.27. The zero-order valence-electron chi connectivity index (χ0n) is 11.5. The van der Waals surface area contributed by atoms with Crippen molar-refractivity contribution in [1.82, 2.24) is 4.90 Å². The zero-order chi connectivity index (χ0) is 13.3. The van der Waals surface area contributed by atoms with Gasteiger partial charge in [0.15, 0.2) is 0 Å². The minimum absolute atomic E-state index is 0.287. The highest BCUT2D eigenvalue weighted by molar-refractivity contribution is 8.13. The van der Waals surface area contributed by atoms with Crippen molar-refractivity contribution >= 4 is 17.0 Å². The molecule has 0 radical (unpaired) electrons. The number of hydrogen-bond acceptors (Lipinski definition) is 2. The topological polar surface area (TPSA) is 20.3 Å². The first kappa shape index (κ1) is 14.4. The molecule has 19 heavy (non-hydrogen) atoms. The highest BCUT2D eigenvalue weighted by Gasteiger charge is 2.15. The molecule has 1 aliphatic rings. The molecule has 1 saturated heterocycles. The number of rotatable bonds is 4. The van der Waals surface area contributed by atoms with E-state index in [4.69, 9.17) is 0 Å². The normalized spacial score (nSPS) is 16.1. The summed E-state index contributed by atoms with van der Waals surface area (Å²) in [5.41, 5.74) is 1.37. The Kier molecular flexibility index (Phi) is 6.28. The van der Waals surface area contributed by atoms with Gasteiger partial charge >= 0.3 is 0 Å². The molecule has 0 bridgehead atoms. The lowest BCUT2D eigenvalue weighted by Gasteiger charge is -2.19. The first-order valence-electron chi connectivity index (χ1n) is 7.32. The third-order valence-electron chi connectivity index (χ3n) is 3.54. The highest BCUT2D eigenvalue weighted by atomic mass is 32.2. The lowest BCUT2D eigenvalue weighted by molar-refractivity contribution is 0.225. The average molecular weight is 277 g/mol. The molecule has 1 aromatic carbocycles. The van der Waals surface area contributed by atoms with Crippen LogP contribution in [0.25, 0.3) is 0 Å². The van der Waals surface area contributed by atoms with Gasteiger partial charge in [-0.25, -0.2) is 0 Å². The van der Waals surface area contributed by atoms with E-state index in [0.717, 1.165) is 31.7 Å².